The van der Waals surface area contributed by atoms with Gasteiger partial charge in [-0.3, -0.25) is 9.78 Å². The monoisotopic (exact) mass is 286 g/mol. The minimum atomic E-state index is -0.0755. The summed E-state index contributed by atoms with van der Waals surface area (Å²) in [5, 5.41) is 3.87. The van der Waals surface area contributed by atoms with E-state index in [0.717, 1.165) is 34.7 Å². The normalized spacial score (nSPS) is 16.8. The fourth-order valence-electron chi connectivity index (χ4n) is 2.72. The molecule has 20 heavy (non-hydrogen) atoms. The average molecular weight is 287 g/mol. The molecule has 3 rings (SSSR count). The number of hydrogen-bond acceptors (Lipinski definition) is 2. The van der Waals surface area contributed by atoms with Crippen LogP contribution in [-0.2, 0) is 6.42 Å². The van der Waals surface area contributed by atoms with E-state index in [0.29, 0.717) is 5.56 Å². The van der Waals surface area contributed by atoms with E-state index in [-0.39, 0.29) is 11.9 Å². The van der Waals surface area contributed by atoms with Crippen LogP contribution in [-0.4, -0.2) is 10.9 Å². The summed E-state index contributed by atoms with van der Waals surface area (Å²) in [5.74, 6) is -0.0755. The largest absolute Gasteiger partial charge is 0.345 e. The molecule has 0 fully saturated rings. The van der Waals surface area contributed by atoms with E-state index in [1.807, 2.05) is 25.1 Å². The molecule has 0 saturated heterocycles. The quantitative estimate of drug-likeness (QED) is 0.918. The lowest BCUT2D eigenvalue weighted by atomic mass is 10.1. The number of halogens is 1. The predicted octanol–water partition coefficient (Wildman–Crippen LogP) is 3.46. The van der Waals surface area contributed by atoms with Crippen LogP contribution in [0.25, 0.3) is 0 Å². The third-order valence-corrected chi connectivity index (χ3v) is 4.12. The SMILES string of the molecule is Cc1ncccc1C(=O)N[C@@H]1CCc2c(Cl)cccc21. The van der Waals surface area contributed by atoms with Gasteiger partial charge in [0.25, 0.3) is 5.91 Å². The van der Waals surface area contributed by atoms with Crippen LogP contribution in [0.1, 0.15) is 39.6 Å². The van der Waals surface area contributed by atoms with Gasteiger partial charge in [-0.2, -0.15) is 0 Å². The van der Waals surface area contributed by atoms with Crippen molar-refractivity contribution in [1.29, 1.82) is 0 Å². The van der Waals surface area contributed by atoms with Gasteiger partial charge in [-0.25, -0.2) is 0 Å². The molecule has 1 aromatic heterocycles. The van der Waals surface area contributed by atoms with Gasteiger partial charge in [0.1, 0.15) is 0 Å². The maximum atomic E-state index is 12.3. The van der Waals surface area contributed by atoms with E-state index in [1.54, 1.807) is 18.3 Å². The molecule has 1 atom stereocenters. The van der Waals surface area contributed by atoms with Crippen LogP contribution in [0.3, 0.4) is 0 Å². The van der Waals surface area contributed by atoms with Crippen molar-refractivity contribution < 1.29 is 4.79 Å². The molecule has 0 bridgehead atoms. The van der Waals surface area contributed by atoms with E-state index >= 15 is 0 Å². The molecule has 4 heteroatoms. The van der Waals surface area contributed by atoms with Gasteiger partial charge in [-0.1, -0.05) is 23.7 Å². The number of nitrogens with zero attached hydrogens (tertiary/aromatic N) is 1. The molecule has 1 aromatic carbocycles. The van der Waals surface area contributed by atoms with E-state index in [4.69, 9.17) is 11.6 Å². The Labute approximate surface area is 123 Å². The number of nitrogens with one attached hydrogen (secondary N) is 1. The van der Waals surface area contributed by atoms with Crippen molar-refractivity contribution >= 4 is 17.5 Å². The minimum Gasteiger partial charge on any atom is -0.345 e. The van der Waals surface area contributed by atoms with Gasteiger partial charge in [-0.15, -0.1) is 0 Å². The second kappa shape index (κ2) is 5.25. The Balaban J connectivity index is 1.83. The van der Waals surface area contributed by atoms with Crippen LogP contribution in [0.4, 0.5) is 0 Å². The first-order valence-electron chi connectivity index (χ1n) is 6.66. The number of rotatable bonds is 2. The van der Waals surface area contributed by atoms with Crippen molar-refractivity contribution in [1.82, 2.24) is 10.3 Å². The molecule has 1 heterocycles. The second-order valence-electron chi connectivity index (χ2n) is 5.01. The van der Waals surface area contributed by atoms with Gasteiger partial charge in [0.15, 0.2) is 0 Å². The van der Waals surface area contributed by atoms with Gasteiger partial charge in [0, 0.05) is 16.9 Å². The zero-order chi connectivity index (χ0) is 14.1. The van der Waals surface area contributed by atoms with Crippen molar-refractivity contribution in [2.24, 2.45) is 0 Å². The zero-order valence-corrected chi connectivity index (χ0v) is 11.9. The predicted molar refractivity (Wildman–Crippen MR) is 79.0 cm³/mol. The first kappa shape index (κ1) is 13.1. The molecule has 0 unspecified atom stereocenters. The molecule has 1 aliphatic rings. The van der Waals surface area contributed by atoms with Crippen LogP contribution < -0.4 is 5.32 Å². The summed E-state index contributed by atoms with van der Waals surface area (Å²) in [7, 11) is 0. The number of carbonyl (C=O) groups is 1. The van der Waals surface area contributed by atoms with Crippen molar-refractivity contribution in [3.63, 3.8) is 0 Å². The van der Waals surface area contributed by atoms with Crippen molar-refractivity contribution in [3.05, 3.63) is 63.9 Å². The summed E-state index contributed by atoms with van der Waals surface area (Å²) in [6, 6.07) is 9.48. The third kappa shape index (κ3) is 2.29. The highest BCUT2D eigenvalue weighted by atomic mass is 35.5. The fraction of sp³-hybridized carbons (Fsp3) is 0.250. The Bertz CT molecular complexity index is 669. The smallest absolute Gasteiger partial charge is 0.253 e. The number of aryl methyl sites for hydroxylation is 1. The molecule has 1 amide bonds. The zero-order valence-electron chi connectivity index (χ0n) is 11.2. The first-order chi connectivity index (χ1) is 9.66. The standard InChI is InChI=1S/C16H15ClN2O/c1-10-11(5-3-9-18-10)16(20)19-15-8-7-12-13(15)4-2-6-14(12)17/h2-6,9,15H,7-8H2,1H3,(H,19,20)/t15-/m1/s1. The lowest BCUT2D eigenvalue weighted by Gasteiger charge is -2.15. The van der Waals surface area contributed by atoms with Gasteiger partial charge >= 0.3 is 0 Å². The molecule has 3 nitrogen and oxygen atoms in total. The number of pyridine rings is 1. The van der Waals surface area contributed by atoms with Crippen LogP contribution in [0.5, 0.6) is 0 Å². The maximum Gasteiger partial charge on any atom is 0.253 e. The molecule has 0 radical (unpaired) electrons. The van der Waals surface area contributed by atoms with E-state index in [2.05, 4.69) is 10.3 Å². The molecule has 0 aliphatic heterocycles. The highest BCUT2D eigenvalue weighted by molar-refractivity contribution is 6.31. The molecule has 102 valence electrons. The summed E-state index contributed by atoms with van der Waals surface area (Å²) in [5.41, 5.74) is 3.66. The molecular weight excluding hydrogens is 272 g/mol. The number of hydrogen-bond donors (Lipinski definition) is 1. The Kier molecular flexibility index (Phi) is 3.45. The first-order valence-corrected chi connectivity index (χ1v) is 7.04. The molecule has 0 saturated carbocycles. The lowest BCUT2D eigenvalue weighted by molar-refractivity contribution is 0.0935. The van der Waals surface area contributed by atoms with Crippen LogP contribution in [0.2, 0.25) is 5.02 Å². The van der Waals surface area contributed by atoms with Gasteiger partial charge in [0.2, 0.25) is 0 Å². The van der Waals surface area contributed by atoms with Crippen molar-refractivity contribution in [3.8, 4) is 0 Å². The minimum absolute atomic E-state index is 0.0378. The Hall–Kier alpha value is -1.87. The van der Waals surface area contributed by atoms with Gasteiger partial charge in [0.05, 0.1) is 11.6 Å². The topological polar surface area (TPSA) is 42.0 Å². The summed E-state index contributed by atoms with van der Waals surface area (Å²) in [6.07, 6.45) is 3.49. The lowest BCUT2D eigenvalue weighted by Crippen LogP contribution is -2.27. The average Bonchev–Trinajstić information content (AvgIpc) is 2.84. The molecule has 1 aliphatic carbocycles. The molecule has 0 spiro atoms. The fourth-order valence-corrected chi connectivity index (χ4v) is 3.00. The summed E-state index contributed by atoms with van der Waals surface area (Å²) < 4.78 is 0. The van der Waals surface area contributed by atoms with Crippen LogP contribution in [0, 0.1) is 6.92 Å². The number of aromatic nitrogens is 1. The van der Waals surface area contributed by atoms with Gasteiger partial charge in [-0.05, 0) is 49.1 Å². The summed E-state index contributed by atoms with van der Waals surface area (Å²) in [6.45, 7) is 1.84. The van der Waals surface area contributed by atoms with E-state index < -0.39 is 0 Å². The third-order valence-electron chi connectivity index (χ3n) is 3.77. The second-order valence-corrected chi connectivity index (χ2v) is 5.42. The van der Waals surface area contributed by atoms with E-state index in [9.17, 15) is 4.79 Å². The Morgan fingerprint density at radius 3 is 3.00 bits per heavy atom. The number of fused-ring (bicyclic) bond motifs is 1. The molecular formula is C16H15ClN2O. The highest BCUT2D eigenvalue weighted by Gasteiger charge is 2.26. The highest BCUT2D eigenvalue weighted by Crippen LogP contribution is 2.35. The Morgan fingerprint density at radius 2 is 2.20 bits per heavy atom. The van der Waals surface area contributed by atoms with Crippen molar-refractivity contribution in [2.75, 3.05) is 0 Å². The van der Waals surface area contributed by atoms with E-state index in [1.165, 1.54) is 0 Å². The maximum absolute atomic E-state index is 12.3. The molecule has 1 N–H and O–H groups in total. The summed E-state index contributed by atoms with van der Waals surface area (Å²) in [4.78, 5) is 16.5. The van der Waals surface area contributed by atoms with Crippen LogP contribution in [0.15, 0.2) is 36.5 Å². The van der Waals surface area contributed by atoms with Crippen molar-refractivity contribution in [2.45, 2.75) is 25.8 Å². The van der Waals surface area contributed by atoms with Gasteiger partial charge < -0.3 is 5.32 Å². The van der Waals surface area contributed by atoms with Crippen LogP contribution >= 0.6 is 11.6 Å². The number of benzene rings is 1. The summed E-state index contributed by atoms with van der Waals surface area (Å²) >= 11 is 6.19. The number of amides is 1. The number of carbonyl (C=O) groups excluding carboxylic acids is 1. The molecule has 2 aromatic rings. The Morgan fingerprint density at radius 1 is 1.35 bits per heavy atom.